The molecule has 0 bridgehead atoms. The molecule has 0 amide bonds. The zero-order valence-corrected chi connectivity index (χ0v) is 36.0. The van der Waals surface area contributed by atoms with Gasteiger partial charge < -0.3 is 4.90 Å². The summed E-state index contributed by atoms with van der Waals surface area (Å²) in [5, 5.41) is 5.03. The minimum Gasteiger partial charge on any atom is -0.310 e. The predicted octanol–water partition coefficient (Wildman–Crippen LogP) is 17.7. The van der Waals surface area contributed by atoms with Gasteiger partial charge in [0.25, 0.3) is 0 Å². The molecule has 1 aliphatic rings. The zero-order chi connectivity index (χ0) is 42.1. The van der Waals surface area contributed by atoms with Gasteiger partial charge in [-0.15, -0.1) is 11.3 Å². The molecule has 1 nitrogen and oxygen atoms in total. The van der Waals surface area contributed by atoms with Gasteiger partial charge in [0.05, 0.1) is 5.69 Å². The van der Waals surface area contributed by atoms with Crippen LogP contribution >= 0.6 is 11.3 Å². The summed E-state index contributed by atoms with van der Waals surface area (Å²) in [4.78, 5) is 2.51. The Labute approximate surface area is 372 Å². The molecule has 0 spiro atoms. The second kappa shape index (κ2) is 14.8. The van der Waals surface area contributed by atoms with E-state index in [1.54, 1.807) is 0 Å². The van der Waals surface area contributed by atoms with Crippen molar-refractivity contribution in [2.45, 2.75) is 19.3 Å². The molecule has 12 rings (SSSR count). The van der Waals surface area contributed by atoms with E-state index in [0.717, 1.165) is 17.1 Å². The third-order valence-corrected chi connectivity index (χ3v) is 14.4. The smallest absolute Gasteiger partial charge is 0.0546 e. The molecule has 0 fully saturated rings. The van der Waals surface area contributed by atoms with Crippen molar-refractivity contribution in [1.29, 1.82) is 0 Å². The average molecular weight is 822 g/mol. The first-order valence-corrected chi connectivity index (χ1v) is 22.6. The molecule has 0 radical (unpaired) electrons. The molecule has 1 aliphatic carbocycles. The van der Waals surface area contributed by atoms with E-state index in [4.69, 9.17) is 0 Å². The summed E-state index contributed by atoms with van der Waals surface area (Å²) in [5.74, 6) is 0. The molecule has 63 heavy (non-hydrogen) atoms. The monoisotopic (exact) mass is 821 g/mol. The third kappa shape index (κ3) is 6.29. The van der Waals surface area contributed by atoms with Crippen LogP contribution in [-0.2, 0) is 5.41 Å². The zero-order valence-electron chi connectivity index (χ0n) is 35.2. The van der Waals surface area contributed by atoms with E-state index in [2.05, 4.69) is 243 Å². The predicted molar refractivity (Wildman–Crippen MR) is 271 cm³/mol. The second-order valence-electron chi connectivity index (χ2n) is 17.3. The fraction of sp³-hybridized carbons (Fsp3) is 0.0492. The Bertz CT molecular complexity index is 3540. The van der Waals surface area contributed by atoms with Crippen molar-refractivity contribution >= 4 is 59.3 Å². The molecular weight excluding hydrogens is 779 g/mol. The van der Waals surface area contributed by atoms with Crippen LogP contribution in [0.15, 0.2) is 224 Å². The van der Waals surface area contributed by atoms with Crippen LogP contribution < -0.4 is 4.90 Å². The largest absolute Gasteiger partial charge is 0.310 e. The van der Waals surface area contributed by atoms with Gasteiger partial charge in [-0.3, -0.25) is 0 Å². The van der Waals surface area contributed by atoms with Crippen molar-refractivity contribution in [2.24, 2.45) is 0 Å². The van der Waals surface area contributed by atoms with E-state index in [0.29, 0.717) is 0 Å². The first kappa shape index (κ1) is 37.3. The van der Waals surface area contributed by atoms with Crippen LogP contribution in [-0.4, -0.2) is 0 Å². The van der Waals surface area contributed by atoms with Gasteiger partial charge >= 0.3 is 0 Å². The van der Waals surface area contributed by atoms with E-state index in [-0.39, 0.29) is 5.41 Å². The van der Waals surface area contributed by atoms with Crippen LogP contribution in [0.5, 0.6) is 0 Å². The van der Waals surface area contributed by atoms with Gasteiger partial charge in [0.2, 0.25) is 0 Å². The Balaban J connectivity index is 1.11. The van der Waals surface area contributed by atoms with Crippen LogP contribution in [0.4, 0.5) is 17.1 Å². The minimum atomic E-state index is -0.154. The van der Waals surface area contributed by atoms with Gasteiger partial charge in [-0.25, -0.2) is 0 Å². The van der Waals surface area contributed by atoms with E-state index in [1.165, 1.54) is 97.7 Å². The van der Waals surface area contributed by atoms with Gasteiger partial charge in [-0.1, -0.05) is 184 Å². The molecule has 0 N–H and O–H groups in total. The molecule has 1 aromatic heterocycles. The summed E-state index contributed by atoms with van der Waals surface area (Å²) in [6.45, 7) is 4.74. The number of fused-ring (bicyclic) bond motifs is 7. The summed E-state index contributed by atoms with van der Waals surface area (Å²) in [7, 11) is 0. The Kier molecular flexibility index (Phi) is 8.77. The normalized spacial score (nSPS) is 12.7. The Morgan fingerprint density at radius 3 is 1.78 bits per heavy atom. The van der Waals surface area contributed by atoms with Crippen LogP contribution in [0.3, 0.4) is 0 Å². The fourth-order valence-electron chi connectivity index (χ4n) is 10.1. The Hall–Kier alpha value is -7.52. The number of hydrogen-bond donors (Lipinski definition) is 0. The molecule has 0 atom stereocenters. The van der Waals surface area contributed by atoms with Gasteiger partial charge in [0.15, 0.2) is 0 Å². The molecular formula is C61H43NS. The average Bonchev–Trinajstić information content (AvgIpc) is 3.83. The Morgan fingerprint density at radius 2 is 0.937 bits per heavy atom. The molecule has 0 saturated carbocycles. The highest BCUT2D eigenvalue weighted by atomic mass is 32.1. The molecule has 10 aromatic carbocycles. The van der Waals surface area contributed by atoms with Crippen molar-refractivity contribution in [3.63, 3.8) is 0 Å². The number of anilines is 3. The second-order valence-corrected chi connectivity index (χ2v) is 18.4. The van der Waals surface area contributed by atoms with Crippen molar-refractivity contribution in [3.8, 4) is 55.6 Å². The van der Waals surface area contributed by atoms with Crippen molar-refractivity contribution in [2.75, 3.05) is 4.90 Å². The standard InChI is InChI=1S/C61H43NS/c1-61(2)55-24-11-9-21-51(55)52-34-32-49(39-56(52)61)62(48-31-29-44-35-43(27-28-45(44)37-48)41-17-7-4-8-18-41)57-25-14-23-50(46-30-33-54-53-22-10-12-26-58(53)63-59(54)38-46)60(57)47-20-13-19-42(36-47)40-15-5-3-6-16-40/h3-39H,1-2H3. The minimum absolute atomic E-state index is 0.154. The van der Waals surface area contributed by atoms with E-state index in [9.17, 15) is 0 Å². The highest BCUT2D eigenvalue weighted by Gasteiger charge is 2.36. The summed E-state index contributed by atoms with van der Waals surface area (Å²) in [6.07, 6.45) is 0. The first-order chi connectivity index (χ1) is 31.0. The van der Waals surface area contributed by atoms with Gasteiger partial charge in [-0.2, -0.15) is 0 Å². The molecule has 298 valence electrons. The highest BCUT2D eigenvalue weighted by Crippen LogP contribution is 2.52. The lowest BCUT2D eigenvalue weighted by Crippen LogP contribution is -2.17. The van der Waals surface area contributed by atoms with Crippen molar-refractivity contribution in [3.05, 3.63) is 236 Å². The lowest BCUT2D eigenvalue weighted by molar-refractivity contribution is 0.660. The summed E-state index contributed by atoms with van der Waals surface area (Å²) in [5.41, 5.74) is 18.2. The van der Waals surface area contributed by atoms with E-state index < -0.39 is 0 Å². The maximum Gasteiger partial charge on any atom is 0.0546 e. The van der Waals surface area contributed by atoms with Crippen LogP contribution in [0.25, 0.3) is 86.6 Å². The Morgan fingerprint density at radius 1 is 0.349 bits per heavy atom. The van der Waals surface area contributed by atoms with Gasteiger partial charge in [-0.05, 0) is 127 Å². The molecule has 2 heteroatoms. The lowest BCUT2D eigenvalue weighted by atomic mass is 9.82. The fourth-order valence-corrected chi connectivity index (χ4v) is 11.2. The molecule has 0 saturated heterocycles. The maximum atomic E-state index is 2.51. The van der Waals surface area contributed by atoms with Crippen LogP contribution in [0.2, 0.25) is 0 Å². The number of thiophene rings is 1. The first-order valence-electron chi connectivity index (χ1n) is 21.8. The highest BCUT2D eigenvalue weighted by molar-refractivity contribution is 7.25. The summed E-state index contributed by atoms with van der Waals surface area (Å²) in [6, 6.07) is 83.1. The number of nitrogens with zero attached hydrogens (tertiary/aromatic N) is 1. The molecule has 0 aliphatic heterocycles. The van der Waals surface area contributed by atoms with Crippen molar-refractivity contribution in [1.82, 2.24) is 0 Å². The van der Waals surface area contributed by atoms with Crippen molar-refractivity contribution < 1.29 is 0 Å². The maximum absolute atomic E-state index is 2.51. The number of hydrogen-bond acceptors (Lipinski definition) is 2. The topological polar surface area (TPSA) is 3.24 Å². The SMILES string of the molecule is CC1(C)c2ccccc2-c2ccc(N(c3ccc4cc(-c5ccccc5)ccc4c3)c3cccc(-c4ccc5c(c4)sc4ccccc45)c3-c3cccc(-c4ccccc4)c3)cc21. The molecule has 0 unspecified atom stereocenters. The lowest BCUT2D eigenvalue weighted by Gasteiger charge is -2.31. The van der Waals surface area contributed by atoms with Crippen LogP contribution in [0, 0.1) is 0 Å². The van der Waals surface area contributed by atoms with E-state index >= 15 is 0 Å². The van der Waals surface area contributed by atoms with Gasteiger partial charge in [0.1, 0.15) is 0 Å². The summed E-state index contributed by atoms with van der Waals surface area (Å²) >= 11 is 1.87. The number of rotatable bonds is 7. The third-order valence-electron chi connectivity index (χ3n) is 13.2. The molecule has 11 aromatic rings. The summed E-state index contributed by atoms with van der Waals surface area (Å²) < 4.78 is 2.61. The van der Waals surface area contributed by atoms with E-state index in [1.807, 2.05) is 11.3 Å². The number of benzene rings is 10. The molecule has 1 heterocycles. The quantitative estimate of drug-likeness (QED) is 0.155. The van der Waals surface area contributed by atoms with Crippen LogP contribution in [0.1, 0.15) is 25.0 Å². The van der Waals surface area contributed by atoms with Gasteiger partial charge in [0, 0.05) is 42.5 Å².